The van der Waals surface area contributed by atoms with Gasteiger partial charge in [-0.2, -0.15) is 0 Å². The van der Waals surface area contributed by atoms with E-state index >= 15 is 0 Å². The molecule has 0 aliphatic heterocycles. The summed E-state index contributed by atoms with van der Waals surface area (Å²) >= 11 is 0. The van der Waals surface area contributed by atoms with Crippen molar-refractivity contribution >= 4 is 25.1 Å². The van der Waals surface area contributed by atoms with Crippen LogP contribution in [-0.4, -0.2) is 75.9 Å². The number of likely N-dealkylation sites (N-methyl/N-ethyl adjacent to an activating group) is 1. The average Bonchev–Trinajstić information content (AvgIpc) is 2.59. The largest absolute Gasteiger partial charge is 0.480 e. The number of nitrogens with one attached hydrogen (secondary N) is 1. The number of rotatable bonds is 8. The minimum atomic E-state index is -1.51. The topological polar surface area (TPSA) is 162 Å². The van der Waals surface area contributed by atoms with Crippen LogP contribution in [0, 0.1) is 11.8 Å². The molecule has 0 radical (unpaired) electrons. The van der Waals surface area contributed by atoms with Gasteiger partial charge < -0.3 is 35.8 Å². The number of aliphatic carboxylic acids is 1. The Morgan fingerprint density at radius 2 is 1.90 bits per heavy atom. The fourth-order valence-corrected chi connectivity index (χ4v) is 3.89. The first-order chi connectivity index (χ1) is 13.7. The van der Waals surface area contributed by atoms with Crippen LogP contribution in [0.5, 0.6) is 0 Å². The number of hydrogen-bond acceptors (Lipinski definition) is 7. The van der Waals surface area contributed by atoms with E-state index in [1.54, 1.807) is 27.8 Å². The third kappa shape index (κ3) is 7.77. The van der Waals surface area contributed by atoms with Crippen molar-refractivity contribution in [2.24, 2.45) is 17.6 Å². The van der Waals surface area contributed by atoms with E-state index in [4.69, 9.17) is 20.5 Å². The molecule has 30 heavy (non-hydrogen) atoms. The molecule has 0 aromatic rings. The quantitative estimate of drug-likeness (QED) is 0.347. The number of alkyl carbamates (subject to hydrolysis) is 1. The second-order valence-electron chi connectivity index (χ2n) is 9.33. The molecule has 10 nitrogen and oxygen atoms in total. The number of ether oxygens (including phenoxy) is 1. The first-order valence-electron chi connectivity index (χ1n) is 10.3. The van der Waals surface area contributed by atoms with E-state index in [9.17, 15) is 19.5 Å². The maximum absolute atomic E-state index is 12.7. The highest BCUT2D eigenvalue weighted by Crippen LogP contribution is 2.38. The summed E-state index contributed by atoms with van der Waals surface area (Å²) < 4.78 is 5.15. The maximum Gasteiger partial charge on any atom is 0.451 e. The lowest BCUT2D eigenvalue weighted by Gasteiger charge is -2.43. The summed E-state index contributed by atoms with van der Waals surface area (Å²) in [5.74, 6) is -2.01. The van der Waals surface area contributed by atoms with E-state index in [2.05, 4.69) is 5.32 Å². The molecule has 11 heteroatoms. The number of nitrogens with zero attached hydrogens (tertiary/aromatic N) is 1. The predicted octanol–water partition coefficient (Wildman–Crippen LogP) is 0.419. The SMILES string of the molecule is C[C@H](NC(=O)OC(C)(C)C)C(=O)N(C)C[C@@H]1CC[C@@H](CCB(O)O)C[C@]1(N)C(=O)O. The number of hydrogen-bond donors (Lipinski definition) is 5. The molecule has 0 unspecified atom stereocenters. The molecule has 1 aliphatic rings. The lowest BCUT2D eigenvalue weighted by atomic mass is 9.66. The summed E-state index contributed by atoms with van der Waals surface area (Å²) in [5.41, 5.74) is 4.06. The third-order valence-corrected chi connectivity index (χ3v) is 5.48. The van der Waals surface area contributed by atoms with Gasteiger partial charge in [0.25, 0.3) is 0 Å². The smallest absolute Gasteiger partial charge is 0.451 e. The van der Waals surface area contributed by atoms with Crippen LogP contribution in [0.2, 0.25) is 6.32 Å². The number of carboxylic acids is 1. The molecule has 6 N–H and O–H groups in total. The van der Waals surface area contributed by atoms with Crippen molar-refractivity contribution < 1.29 is 34.3 Å². The van der Waals surface area contributed by atoms with E-state index in [0.29, 0.717) is 19.3 Å². The number of nitrogens with two attached hydrogens (primary N) is 1. The Balaban J connectivity index is 2.73. The standard InChI is InChI=1S/C19H36BN3O7/c1-12(22-17(27)30-18(2,3)4)15(24)23(5)11-14-7-6-13(8-9-20(28)29)10-19(14,21)16(25)26/h12-14,28-29H,6-11,21H2,1-5H3,(H,22,27)(H,25,26)/t12-,13-,14-,19+/m0/s1. The van der Waals surface area contributed by atoms with E-state index in [1.165, 1.54) is 11.8 Å². The van der Waals surface area contributed by atoms with Crippen molar-refractivity contribution in [3.63, 3.8) is 0 Å². The van der Waals surface area contributed by atoms with Crippen molar-refractivity contribution in [3.8, 4) is 0 Å². The van der Waals surface area contributed by atoms with Crippen LogP contribution in [-0.2, 0) is 14.3 Å². The summed E-state index contributed by atoms with van der Waals surface area (Å²) in [4.78, 5) is 37.9. The lowest BCUT2D eigenvalue weighted by Crippen LogP contribution is -2.60. The van der Waals surface area contributed by atoms with Gasteiger partial charge in [0, 0.05) is 19.5 Å². The summed E-state index contributed by atoms with van der Waals surface area (Å²) in [6, 6.07) is -0.843. The Morgan fingerprint density at radius 1 is 1.30 bits per heavy atom. The molecular weight excluding hydrogens is 393 g/mol. The van der Waals surface area contributed by atoms with Gasteiger partial charge in [-0.3, -0.25) is 9.59 Å². The fraction of sp³-hybridized carbons (Fsp3) is 0.842. The lowest BCUT2D eigenvalue weighted by molar-refractivity contribution is -0.149. The zero-order valence-electron chi connectivity index (χ0n) is 18.6. The second kappa shape index (κ2) is 10.5. The first-order valence-corrected chi connectivity index (χ1v) is 10.3. The molecule has 1 aliphatic carbocycles. The van der Waals surface area contributed by atoms with Crippen LogP contribution in [0.25, 0.3) is 0 Å². The van der Waals surface area contributed by atoms with Gasteiger partial charge in [-0.1, -0.05) is 6.42 Å². The molecular formula is C19H36BN3O7. The van der Waals surface area contributed by atoms with Crippen molar-refractivity contribution in [1.29, 1.82) is 0 Å². The Bertz CT molecular complexity index is 626. The summed E-state index contributed by atoms with van der Waals surface area (Å²) in [5, 5.41) is 30.3. The molecule has 172 valence electrons. The molecule has 0 bridgehead atoms. The molecule has 0 aromatic carbocycles. The van der Waals surface area contributed by atoms with Crippen LogP contribution in [0.1, 0.15) is 53.4 Å². The van der Waals surface area contributed by atoms with E-state index in [-0.39, 0.29) is 31.1 Å². The van der Waals surface area contributed by atoms with Gasteiger partial charge in [-0.25, -0.2) is 4.79 Å². The molecule has 1 rings (SSSR count). The number of carbonyl (C=O) groups excluding carboxylic acids is 2. The van der Waals surface area contributed by atoms with Gasteiger partial charge in [0.2, 0.25) is 5.91 Å². The average molecular weight is 429 g/mol. The molecule has 4 atom stereocenters. The van der Waals surface area contributed by atoms with Crippen molar-refractivity contribution in [3.05, 3.63) is 0 Å². The zero-order valence-corrected chi connectivity index (χ0v) is 18.6. The molecule has 0 aromatic heterocycles. The van der Waals surface area contributed by atoms with Crippen molar-refractivity contribution in [2.75, 3.05) is 13.6 Å². The van der Waals surface area contributed by atoms with Gasteiger partial charge in [-0.15, -0.1) is 0 Å². The fourth-order valence-electron chi connectivity index (χ4n) is 3.89. The highest BCUT2D eigenvalue weighted by Gasteiger charge is 2.47. The Kier molecular flexibility index (Phi) is 9.13. The monoisotopic (exact) mass is 429 g/mol. The van der Waals surface area contributed by atoms with Crippen LogP contribution in [0.3, 0.4) is 0 Å². The summed E-state index contributed by atoms with van der Waals surface area (Å²) in [6.45, 7) is 6.82. The highest BCUT2D eigenvalue weighted by molar-refractivity contribution is 6.40. The Hall–Kier alpha value is -1.85. The van der Waals surface area contributed by atoms with Gasteiger partial charge in [0.15, 0.2) is 0 Å². The molecule has 2 amide bonds. The summed E-state index contributed by atoms with van der Waals surface area (Å²) in [6.07, 6.45) is 1.33. The highest BCUT2D eigenvalue weighted by atomic mass is 16.6. The van der Waals surface area contributed by atoms with Crippen molar-refractivity contribution in [2.45, 2.75) is 76.9 Å². The predicted molar refractivity (Wildman–Crippen MR) is 111 cm³/mol. The number of amides is 2. The first kappa shape index (κ1) is 26.2. The molecule has 1 saturated carbocycles. The van der Waals surface area contributed by atoms with Crippen LogP contribution in [0.4, 0.5) is 4.79 Å². The normalized spacial score (nSPS) is 25.2. The van der Waals surface area contributed by atoms with Gasteiger partial charge in [0.1, 0.15) is 17.2 Å². The molecule has 1 fully saturated rings. The molecule has 0 heterocycles. The molecule has 0 saturated heterocycles. The third-order valence-electron chi connectivity index (χ3n) is 5.48. The maximum atomic E-state index is 12.7. The summed E-state index contributed by atoms with van der Waals surface area (Å²) in [7, 11) is 0.119. The van der Waals surface area contributed by atoms with Crippen molar-refractivity contribution in [1.82, 2.24) is 10.2 Å². The Morgan fingerprint density at radius 3 is 2.40 bits per heavy atom. The van der Waals surface area contributed by atoms with Gasteiger partial charge in [-0.05, 0) is 59.2 Å². The van der Waals surface area contributed by atoms with Crippen LogP contribution >= 0.6 is 0 Å². The van der Waals surface area contributed by atoms with E-state index in [1.807, 2.05) is 0 Å². The minimum Gasteiger partial charge on any atom is -0.480 e. The zero-order chi connectivity index (χ0) is 23.3. The Labute approximate surface area is 178 Å². The second-order valence-corrected chi connectivity index (χ2v) is 9.33. The van der Waals surface area contributed by atoms with Gasteiger partial charge >= 0.3 is 19.2 Å². The number of carboxylic acid groups (broad SMARTS) is 1. The number of carbonyl (C=O) groups is 3. The minimum absolute atomic E-state index is 0.0297. The van der Waals surface area contributed by atoms with Crippen LogP contribution in [0.15, 0.2) is 0 Å². The van der Waals surface area contributed by atoms with E-state index < -0.39 is 42.3 Å². The van der Waals surface area contributed by atoms with Gasteiger partial charge in [0.05, 0.1) is 0 Å². The molecule has 0 spiro atoms. The van der Waals surface area contributed by atoms with E-state index in [0.717, 1.165) is 0 Å². The van der Waals surface area contributed by atoms with Crippen LogP contribution < -0.4 is 11.1 Å².